The number of aromatic nitrogens is 3. The van der Waals surface area contributed by atoms with Crippen LogP contribution in [0.1, 0.15) is 84.2 Å². The molecule has 42 heavy (non-hydrogen) atoms. The fourth-order valence-electron chi connectivity index (χ4n) is 5.82. The van der Waals surface area contributed by atoms with Crippen LogP contribution in [0.25, 0.3) is 11.1 Å². The number of hydrogen-bond donors (Lipinski definition) is 2. The molecule has 2 N–H and O–H groups in total. The molecule has 0 radical (unpaired) electrons. The van der Waals surface area contributed by atoms with Crippen LogP contribution in [0.15, 0.2) is 27.2 Å². The molecule has 0 spiro atoms. The van der Waals surface area contributed by atoms with Gasteiger partial charge in [0.1, 0.15) is 29.5 Å². The molecule has 1 saturated heterocycles. The first-order chi connectivity index (χ1) is 20.1. The van der Waals surface area contributed by atoms with Gasteiger partial charge in [0.2, 0.25) is 5.89 Å². The highest BCUT2D eigenvalue weighted by Gasteiger charge is 2.48. The Morgan fingerprint density at radius 3 is 2.62 bits per heavy atom. The number of nitrogens with zero attached hydrogens (tertiary/aromatic N) is 4. The maximum absolute atomic E-state index is 14.0. The number of halogens is 4. The number of urea groups is 1. The Hall–Kier alpha value is -3.75. The topological polar surface area (TPSA) is 136 Å². The van der Waals surface area contributed by atoms with E-state index < -0.39 is 49.0 Å². The molecule has 1 aromatic carbocycles. The molecule has 0 bridgehead atoms. The van der Waals surface area contributed by atoms with Gasteiger partial charge < -0.3 is 24.7 Å². The van der Waals surface area contributed by atoms with Crippen molar-refractivity contribution >= 4 is 23.0 Å². The lowest BCUT2D eigenvalue weighted by Gasteiger charge is -2.30. The molecular weight excluding hydrogens is 564 g/mol. The van der Waals surface area contributed by atoms with Crippen LogP contribution >= 0.6 is 0 Å². The zero-order valence-electron chi connectivity index (χ0n) is 22.7. The van der Waals surface area contributed by atoms with Crippen LogP contribution in [0, 0.1) is 5.92 Å². The van der Waals surface area contributed by atoms with Crippen molar-refractivity contribution in [2.75, 3.05) is 20.3 Å². The molecule has 3 heterocycles. The van der Waals surface area contributed by atoms with Crippen LogP contribution in [0.4, 0.5) is 22.4 Å². The van der Waals surface area contributed by atoms with Gasteiger partial charge in [0, 0.05) is 13.0 Å². The summed E-state index contributed by atoms with van der Waals surface area (Å²) in [6.07, 6.45) is -2.02. The summed E-state index contributed by atoms with van der Waals surface area (Å²) in [5.41, 5.74) is 1.87. The molecule has 3 fully saturated rings. The molecule has 226 valence electrons. The standard InChI is InChI=1S/C27H30F4N6O5/c1-40-12-18(37-11-20(27(29,30)31)33-26(37)39)15-6-9-19-17(10-15)32-25(41-19)22(14-4-7-16(28)8-5-14)34-24(38)23-21(13-2-3-13)35-42-36-23/h6,9-10,13-14,16,18,20,22H,2-5,7-8,11-12H2,1H3,(H,33,39)(H,34,38)/t14?,16?,18-,20+,22+/m1/s1. The summed E-state index contributed by atoms with van der Waals surface area (Å²) in [6.45, 7) is -0.613. The number of rotatable bonds is 9. The van der Waals surface area contributed by atoms with Gasteiger partial charge >= 0.3 is 12.2 Å². The van der Waals surface area contributed by atoms with Crippen molar-refractivity contribution in [3.63, 3.8) is 0 Å². The second kappa shape index (κ2) is 11.2. The zero-order valence-corrected chi connectivity index (χ0v) is 22.7. The number of amides is 3. The van der Waals surface area contributed by atoms with Crippen molar-refractivity contribution in [3.8, 4) is 0 Å². The Balaban J connectivity index is 1.29. The predicted octanol–water partition coefficient (Wildman–Crippen LogP) is 4.73. The zero-order chi connectivity index (χ0) is 29.6. The average molecular weight is 595 g/mol. The molecule has 0 unspecified atom stereocenters. The lowest BCUT2D eigenvalue weighted by molar-refractivity contribution is -0.150. The molecule has 2 saturated carbocycles. The third-order valence-corrected chi connectivity index (χ3v) is 8.27. The smallest absolute Gasteiger partial charge is 0.410 e. The summed E-state index contributed by atoms with van der Waals surface area (Å²) in [5.74, 6) is -0.314. The molecule has 1 aliphatic heterocycles. The van der Waals surface area contributed by atoms with Crippen molar-refractivity contribution < 1.29 is 40.9 Å². The van der Waals surface area contributed by atoms with Crippen molar-refractivity contribution in [2.24, 2.45) is 5.92 Å². The Morgan fingerprint density at radius 2 is 1.95 bits per heavy atom. The number of fused-ring (bicyclic) bond motifs is 1. The van der Waals surface area contributed by atoms with Crippen molar-refractivity contribution in [2.45, 2.75) is 74.9 Å². The Labute approximate surface area is 237 Å². The first-order valence-corrected chi connectivity index (χ1v) is 13.9. The fraction of sp³-hybridized carbons (Fsp3) is 0.593. The van der Waals surface area contributed by atoms with Crippen LogP contribution in [-0.4, -0.2) is 70.8 Å². The van der Waals surface area contributed by atoms with Gasteiger partial charge in [-0.25, -0.2) is 18.8 Å². The molecular formula is C27H30F4N6O5. The minimum absolute atomic E-state index is 0.0472. The third kappa shape index (κ3) is 5.65. The second-order valence-corrected chi connectivity index (χ2v) is 11.2. The van der Waals surface area contributed by atoms with Crippen molar-refractivity contribution in [3.05, 3.63) is 41.0 Å². The monoisotopic (exact) mass is 594 g/mol. The normalized spacial score (nSPS) is 24.5. The molecule has 6 rings (SSSR count). The van der Waals surface area contributed by atoms with E-state index in [9.17, 15) is 27.2 Å². The molecule has 3 aromatic rings. The van der Waals surface area contributed by atoms with E-state index in [2.05, 4.69) is 20.6 Å². The van der Waals surface area contributed by atoms with Gasteiger partial charge in [-0.3, -0.25) is 4.79 Å². The maximum atomic E-state index is 14.0. The van der Waals surface area contributed by atoms with Gasteiger partial charge in [-0.15, -0.1) is 0 Å². The molecule has 2 aromatic heterocycles. The third-order valence-electron chi connectivity index (χ3n) is 8.27. The minimum Gasteiger partial charge on any atom is -0.438 e. The Bertz CT molecular complexity index is 1450. The van der Waals surface area contributed by atoms with E-state index in [1.807, 2.05) is 5.32 Å². The number of alkyl halides is 4. The minimum atomic E-state index is -4.59. The SMILES string of the molecule is COC[C@H](c1ccc2oc([C@@H](NC(=O)c3nonc3C3CC3)C3CCC(F)CC3)nc2c1)N1C[C@@H](C(F)(F)F)NC1=O. The largest absolute Gasteiger partial charge is 0.438 e. The number of oxazole rings is 1. The number of ether oxygens (including phenoxy) is 1. The maximum Gasteiger partial charge on any atom is 0.410 e. The van der Waals surface area contributed by atoms with E-state index >= 15 is 0 Å². The number of methoxy groups -OCH3 is 1. The number of hydrogen-bond acceptors (Lipinski definition) is 8. The first-order valence-electron chi connectivity index (χ1n) is 13.9. The van der Waals surface area contributed by atoms with Gasteiger partial charge in [-0.2, -0.15) is 13.2 Å². The highest BCUT2D eigenvalue weighted by atomic mass is 19.4. The summed E-state index contributed by atoms with van der Waals surface area (Å²) in [5, 5.41) is 12.6. The summed E-state index contributed by atoms with van der Waals surface area (Å²) < 4.78 is 70.1. The Kier molecular flexibility index (Phi) is 7.53. The number of nitrogens with one attached hydrogen (secondary N) is 2. The number of benzene rings is 1. The van der Waals surface area contributed by atoms with E-state index in [-0.39, 0.29) is 30.0 Å². The molecule has 15 heteroatoms. The van der Waals surface area contributed by atoms with E-state index in [1.165, 1.54) is 7.11 Å². The highest BCUT2D eigenvalue weighted by molar-refractivity contribution is 5.93. The summed E-state index contributed by atoms with van der Waals surface area (Å²) in [7, 11) is 1.40. The second-order valence-electron chi connectivity index (χ2n) is 11.2. The highest BCUT2D eigenvalue weighted by Crippen LogP contribution is 2.41. The van der Waals surface area contributed by atoms with Crippen LogP contribution < -0.4 is 10.6 Å². The summed E-state index contributed by atoms with van der Waals surface area (Å²) in [4.78, 5) is 31.5. The molecule has 2 aliphatic carbocycles. The predicted molar refractivity (Wildman–Crippen MR) is 137 cm³/mol. The Morgan fingerprint density at radius 1 is 1.19 bits per heavy atom. The van der Waals surface area contributed by atoms with E-state index in [4.69, 9.17) is 13.8 Å². The quantitative estimate of drug-likeness (QED) is 0.340. The van der Waals surface area contributed by atoms with Crippen LogP contribution in [-0.2, 0) is 4.74 Å². The first kappa shape index (κ1) is 28.4. The summed E-state index contributed by atoms with van der Waals surface area (Å²) in [6, 6.07) is 0.530. The van der Waals surface area contributed by atoms with Gasteiger partial charge in [0.15, 0.2) is 11.3 Å². The number of carbonyl (C=O) groups is 2. The van der Waals surface area contributed by atoms with Gasteiger partial charge in [0.25, 0.3) is 5.91 Å². The van der Waals surface area contributed by atoms with Crippen LogP contribution in [0.5, 0.6) is 0 Å². The van der Waals surface area contributed by atoms with Gasteiger partial charge in [-0.05, 0) is 67.3 Å². The lowest BCUT2D eigenvalue weighted by Crippen LogP contribution is -2.40. The van der Waals surface area contributed by atoms with Crippen molar-refractivity contribution in [1.82, 2.24) is 30.8 Å². The summed E-state index contributed by atoms with van der Waals surface area (Å²) >= 11 is 0. The molecule has 3 amide bonds. The van der Waals surface area contributed by atoms with E-state index in [0.29, 0.717) is 48.0 Å². The van der Waals surface area contributed by atoms with Gasteiger partial charge in [-0.1, -0.05) is 11.2 Å². The van der Waals surface area contributed by atoms with E-state index in [1.54, 1.807) is 18.2 Å². The molecule has 3 atom stereocenters. The number of carbonyl (C=O) groups excluding carboxylic acids is 2. The van der Waals surface area contributed by atoms with Crippen LogP contribution in [0.3, 0.4) is 0 Å². The molecule has 11 nitrogen and oxygen atoms in total. The van der Waals surface area contributed by atoms with Gasteiger partial charge in [0.05, 0.1) is 19.2 Å². The van der Waals surface area contributed by atoms with Crippen LogP contribution in [0.2, 0.25) is 0 Å². The average Bonchev–Trinajstić information content (AvgIpc) is 3.33. The van der Waals surface area contributed by atoms with Crippen molar-refractivity contribution in [1.29, 1.82) is 0 Å². The lowest BCUT2D eigenvalue weighted by atomic mass is 9.83. The molecule has 3 aliphatic rings. The van der Waals surface area contributed by atoms with E-state index in [0.717, 1.165) is 17.7 Å². The fourth-order valence-corrected chi connectivity index (χ4v) is 5.82.